The predicted molar refractivity (Wildman–Crippen MR) is 100 cm³/mol. The lowest BCUT2D eigenvalue weighted by Gasteiger charge is -2.04. The third-order valence-electron chi connectivity index (χ3n) is 3.22. The molecule has 0 radical (unpaired) electrons. The molecular formula is C15H9Cl3N4OS. The lowest BCUT2D eigenvalue weighted by Crippen LogP contribution is -2.17. The second kappa shape index (κ2) is 6.94. The molecule has 0 fully saturated rings. The van der Waals surface area contributed by atoms with Crippen LogP contribution in [-0.4, -0.2) is 22.1 Å². The number of hydrazone groups is 1. The number of halogens is 3. The van der Waals surface area contributed by atoms with Gasteiger partial charge in [0.1, 0.15) is 0 Å². The molecule has 0 atom stereocenters. The zero-order chi connectivity index (χ0) is 17.3. The van der Waals surface area contributed by atoms with Crippen LogP contribution in [0.5, 0.6) is 0 Å². The maximum Gasteiger partial charge on any atom is 0.271 e. The average Bonchev–Trinajstić information content (AvgIpc) is 2.93. The minimum Gasteiger partial charge on any atom is -0.331 e. The Kier molecular flexibility index (Phi) is 4.91. The molecule has 9 heteroatoms. The summed E-state index contributed by atoms with van der Waals surface area (Å²) >= 11 is 23.0. The molecule has 3 N–H and O–H groups in total. The Labute approximate surface area is 156 Å². The van der Waals surface area contributed by atoms with Crippen LogP contribution in [-0.2, 0) is 0 Å². The summed E-state index contributed by atoms with van der Waals surface area (Å²) in [6.45, 7) is 0. The summed E-state index contributed by atoms with van der Waals surface area (Å²) < 4.78 is 0.491. The van der Waals surface area contributed by atoms with E-state index in [2.05, 4.69) is 20.5 Å². The Bertz CT molecular complexity index is 1030. The number of benzene rings is 2. The summed E-state index contributed by atoms with van der Waals surface area (Å²) in [7, 11) is 0. The van der Waals surface area contributed by atoms with Crippen molar-refractivity contribution in [3.63, 3.8) is 0 Å². The van der Waals surface area contributed by atoms with Crippen molar-refractivity contribution >= 4 is 70.2 Å². The number of hydrogen-bond acceptors (Lipinski definition) is 3. The van der Waals surface area contributed by atoms with E-state index in [1.807, 2.05) is 0 Å². The van der Waals surface area contributed by atoms with Gasteiger partial charge < -0.3 is 9.97 Å². The summed E-state index contributed by atoms with van der Waals surface area (Å²) in [5, 5.41) is 4.87. The van der Waals surface area contributed by atoms with Crippen molar-refractivity contribution in [1.82, 2.24) is 15.4 Å². The van der Waals surface area contributed by atoms with Crippen LogP contribution >= 0.6 is 47.0 Å². The lowest BCUT2D eigenvalue weighted by atomic mass is 10.2. The van der Waals surface area contributed by atoms with Crippen LogP contribution < -0.4 is 5.43 Å². The highest BCUT2D eigenvalue weighted by Gasteiger charge is 2.09. The largest absolute Gasteiger partial charge is 0.331 e. The molecule has 0 unspecified atom stereocenters. The van der Waals surface area contributed by atoms with Crippen LogP contribution in [0.15, 0.2) is 35.4 Å². The van der Waals surface area contributed by atoms with Crippen molar-refractivity contribution < 1.29 is 4.79 Å². The number of hydrogen-bond donors (Lipinski definition) is 3. The molecule has 122 valence electrons. The van der Waals surface area contributed by atoms with E-state index in [0.717, 1.165) is 11.0 Å². The van der Waals surface area contributed by atoms with Gasteiger partial charge in [0.25, 0.3) is 5.91 Å². The molecule has 0 aliphatic carbocycles. The van der Waals surface area contributed by atoms with Gasteiger partial charge in [0, 0.05) is 11.1 Å². The predicted octanol–water partition coefficient (Wildman–Crippen LogP) is 4.95. The zero-order valence-corrected chi connectivity index (χ0v) is 14.9. The number of H-pyrrole nitrogens is 2. The fourth-order valence-corrected chi connectivity index (χ4v) is 2.91. The normalized spacial score (nSPS) is 11.3. The first-order chi connectivity index (χ1) is 11.5. The zero-order valence-electron chi connectivity index (χ0n) is 11.9. The number of carbonyl (C=O) groups is 1. The minimum absolute atomic E-state index is 0.267. The van der Waals surface area contributed by atoms with Crippen molar-refractivity contribution in [3.05, 3.63) is 61.3 Å². The molecule has 0 aliphatic heterocycles. The van der Waals surface area contributed by atoms with Gasteiger partial charge in [-0.15, -0.1) is 0 Å². The van der Waals surface area contributed by atoms with Crippen molar-refractivity contribution in [2.45, 2.75) is 0 Å². The molecule has 0 spiro atoms. The number of fused-ring (bicyclic) bond motifs is 1. The number of imidazole rings is 1. The Morgan fingerprint density at radius 1 is 1.08 bits per heavy atom. The quantitative estimate of drug-likeness (QED) is 0.252. The van der Waals surface area contributed by atoms with Crippen LogP contribution in [0.3, 0.4) is 0 Å². The average molecular weight is 400 g/mol. The number of rotatable bonds is 3. The monoisotopic (exact) mass is 398 g/mol. The van der Waals surface area contributed by atoms with E-state index < -0.39 is 0 Å². The maximum absolute atomic E-state index is 12.2. The molecular weight excluding hydrogens is 391 g/mol. The molecule has 24 heavy (non-hydrogen) atoms. The number of amides is 1. The summed E-state index contributed by atoms with van der Waals surface area (Å²) in [6.07, 6.45) is 1.34. The van der Waals surface area contributed by atoms with Crippen molar-refractivity contribution in [2.24, 2.45) is 5.10 Å². The Hall–Kier alpha value is -1.86. The Balaban J connectivity index is 1.79. The highest BCUT2D eigenvalue weighted by molar-refractivity contribution is 7.71. The number of aromatic nitrogens is 2. The van der Waals surface area contributed by atoms with Crippen molar-refractivity contribution in [2.75, 3.05) is 0 Å². The summed E-state index contributed by atoms with van der Waals surface area (Å²) in [5.74, 6) is -0.386. The number of nitrogens with zero attached hydrogens (tertiary/aromatic N) is 1. The molecule has 0 saturated heterocycles. The fourth-order valence-electron chi connectivity index (χ4n) is 2.05. The Morgan fingerprint density at radius 2 is 1.79 bits per heavy atom. The summed E-state index contributed by atoms with van der Waals surface area (Å²) in [6, 6.07) is 8.27. The van der Waals surface area contributed by atoms with Crippen LogP contribution in [0.2, 0.25) is 15.1 Å². The highest BCUT2D eigenvalue weighted by atomic mass is 35.5. The van der Waals surface area contributed by atoms with Gasteiger partial charge in [0.2, 0.25) is 0 Å². The molecule has 0 saturated carbocycles. The first-order valence-corrected chi connectivity index (χ1v) is 8.19. The smallest absolute Gasteiger partial charge is 0.271 e. The van der Waals surface area contributed by atoms with Crippen molar-refractivity contribution in [1.29, 1.82) is 0 Å². The summed E-state index contributed by atoms with van der Waals surface area (Å²) in [4.78, 5) is 18.1. The lowest BCUT2D eigenvalue weighted by molar-refractivity contribution is 0.0955. The first kappa shape index (κ1) is 17.0. The van der Waals surface area contributed by atoms with Gasteiger partial charge in [0.05, 0.1) is 32.3 Å². The first-order valence-electron chi connectivity index (χ1n) is 6.64. The molecule has 5 nitrogen and oxygen atoms in total. The highest BCUT2D eigenvalue weighted by Crippen LogP contribution is 2.29. The topological polar surface area (TPSA) is 73.0 Å². The SMILES string of the molecule is O=C(N/N=C\c1c(Cl)ccc(Cl)c1Cl)c1ccc2[nH]c(=S)[nH]c2c1. The van der Waals surface area contributed by atoms with Gasteiger partial charge in [0.15, 0.2) is 4.77 Å². The minimum atomic E-state index is -0.386. The molecule has 3 aromatic rings. The standard InChI is InChI=1S/C15H9Cl3N4OS/c16-9-2-3-10(17)13(18)8(9)6-19-22-14(23)7-1-4-11-12(5-7)21-15(24)20-11/h1-6H,(H,22,23)(H2,20,21,24)/b19-6-. The molecule has 3 rings (SSSR count). The van der Waals surface area contributed by atoms with E-state index in [-0.39, 0.29) is 10.9 Å². The van der Waals surface area contributed by atoms with Gasteiger partial charge in [-0.05, 0) is 42.5 Å². The van der Waals surface area contributed by atoms with Gasteiger partial charge in [-0.3, -0.25) is 4.79 Å². The number of aromatic amines is 2. The summed E-state index contributed by atoms with van der Waals surface area (Å²) in [5.41, 5.74) is 4.82. The van der Waals surface area contributed by atoms with Gasteiger partial charge >= 0.3 is 0 Å². The van der Waals surface area contributed by atoms with Crippen molar-refractivity contribution in [3.8, 4) is 0 Å². The Morgan fingerprint density at radius 3 is 2.58 bits per heavy atom. The molecule has 0 bridgehead atoms. The van der Waals surface area contributed by atoms with E-state index in [1.54, 1.807) is 30.3 Å². The van der Waals surface area contributed by atoms with Crippen LogP contribution in [0.4, 0.5) is 0 Å². The van der Waals surface area contributed by atoms with E-state index >= 15 is 0 Å². The fraction of sp³-hybridized carbons (Fsp3) is 0. The van der Waals surface area contributed by atoms with E-state index in [9.17, 15) is 4.79 Å². The molecule has 1 amide bonds. The third kappa shape index (κ3) is 3.47. The molecule has 0 aliphatic rings. The van der Waals surface area contributed by atoms with Crippen LogP contribution in [0, 0.1) is 4.77 Å². The van der Waals surface area contributed by atoms with Gasteiger partial charge in [-0.2, -0.15) is 5.10 Å². The van der Waals surface area contributed by atoms with E-state index in [0.29, 0.717) is 25.9 Å². The van der Waals surface area contributed by atoms with Gasteiger partial charge in [-0.25, -0.2) is 5.43 Å². The molecule has 1 aromatic heterocycles. The molecule has 2 aromatic carbocycles. The third-order valence-corrected chi connectivity index (χ3v) is 4.57. The van der Waals surface area contributed by atoms with Crippen LogP contribution in [0.25, 0.3) is 11.0 Å². The number of carbonyl (C=O) groups excluding carboxylic acids is 1. The van der Waals surface area contributed by atoms with Gasteiger partial charge in [-0.1, -0.05) is 34.8 Å². The maximum atomic E-state index is 12.2. The van der Waals surface area contributed by atoms with E-state index in [4.69, 9.17) is 47.0 Å². The van der Waals surface area contributed by atoms with E-state index in [1.165, 1.54) is 6.21 Å². The second-order valence-corrected chi connectivity index (χ2v) is 6.40. The second-order valence-electron chi connectivity index (χ2n) is 4.80. The van der Waals surface area contributed by atoms with Crippen LogP contribution in [0.1, 0.15) is 15.9 Å². The molecule has 1 heterocycles. The number of nitrogens with one attached hydrogen (secondary N) is 3.